The second kappa shape index (κ2) is 6.15. The van der Waals surface area contributed by atoms with Gasteiger partial charge in [0.2, 0.25) is 5.43 Å². The number of rotatable bonds is 2. The van der Waals surface area contributed by atoms with E-state index in [1.54, 1.807) is 37.4 Å². The van der Waals surface area contributed by atoms with Crippen LogP contribution >= 0.6 is 0 Å². The van der Waals surface area contributed by atoms with E-state index in [9.17, 15) is 4.79 Å². The number of methoxy groups -OCH3 is 1. The van der Waals surface area contributed by atoms with Crippen LogP contribution < -0.4 is 15.5 Å². The highest BCUT2D eigenvalue weighted by atomic mass is 16.5. The molecule has 0 saturated heterocycles. The summed E-state index contributed by atoms with van der Waals surface area (Å²) in [5, 5.41) is 4.01. The molecule has 1 unspecified atom stereocenters. The van der Waals surface area contributed by atoms with E-state index >= 15 is 0 Å². The van der Waals surface area contributed by atoms with E-state index in [-0.39, 0.29) is 11.5 Å². The SMILES string of the molecule is CNC(C)C#Cc1ccc2oc3cccc(OC)c3c(=O)c2c1. The zero-order valence-electron chi connectivity index (χ0n) is 13.3. The summed E-state index contributed by atoms with van der Waals surface area (Å²) in [6.07, 6.45) is 0. The van der Waals surface area contributed by atoms with Crippen LogP contribution in [0, 0.1) is 11.8 Å². The fourth-order valence-corrected chi connectivity index (χ4v) is 2.38. The van der Waals surface area contributed by atoms with Crippen molar-refractivity contribution in [2.24, 2.45) is 0 Å². The van der Waals surface area contributed by atoms with Gasteiger partial charge in [0.15, 0.2) is 0 Å². The van der Waals surface area contributed by atoms with Crippen molar-refractivity contribution < 1.29 is 9.15 Å². The smallest absolute Gasteiger partial charge is 0.204 e. The number of fused-ring (bicyclic) bond motifs is 2. The van der Waals surface area contributed by atoms with Crippen LogP contribution in [-0.2, 0) is 0 Å². The minimum Gasteiger partial charge on any atom is -0.496 e. The third-order valence-corrected chi connectivity index (χ3v) is 3.75. The maximum atomic E-state index is 12.8. The highest BCUT2D eigenvalue weighted by molar-refractivity contribution is 5.93. The summed E-state index contributed by atoms with van der Waals surface area (Å²) in [5.74, 6) is 6.65. The van der Waals surface area contributed by atoms with Gasteiger partial charge in [-0.2, -0.15) is 0 Å². The summed E-state index contributed by atoms with van der Waals surface area (Å²) in [4.78, 5) is 12.8. The fourth-order valence-electron chi connectivity index (χ4n) is 2.38. The van der Waals surface area contributed by atoms with Crippen molar-refractivity contribution >= 4 is 21.9 Å². The number of benzene rings is 2. The molecule has 23 heavy (non-hydrogen) atoms. The van der Waals surface area contributed by atoms with Crippen LogP contribution in [0.15, 0.2) is 45.6 Å². The number of hydrogen-bond donors (Lipinski definition) is 1. The summed E-state index contributed by atoms with van der Waals surface area (Å²) in [6.45, 7) is 1.97. The van der Waals surface area contributed by atoms with E-state index in [0.717, 1.165) is 5.56 Å². The molecule has 2 aromatic carbocycles. The minimum absolute atomic E-state index is 0.0822. The number of ether oxygens (including phenoxy) is 1. The molecule has 0 spiro atoms. The van der Waals surface area contributed by atoms with Gasteiger partial charge in [0.05, 0.1) is 18.5 Å². The van der Waals surface area contributed by atoms with Gasteiger partial charge >= 0.3 is 0 Å². The lowest BCUT2D eigenvalue weighted by Crippen LogP contribution is -2.18. The Hall–Kier alpha value is -2.77. The average molecular weight is 307 g/mol. The molecule has 0 radical (unpaired) electrons. The molecule has 4 nitrogen and oxygen atoms in total. The van der Waals surface area contributed by atoms with E-state index in [1.807, 2.05) is 20.0 Å². The first-order valence-electron chi connectivity index (χ1n) is 7.36. The highest BCUT2D eigenvalue weighted by Gasteiger charge is 2.12. The lowest BCUT2D eigenvalue weighted by atomic mass is 10.1. The summed E-state index contributed by atoms with van der Waals surface area (Å²) >= 11 is 0. The third-order valence-electron chi connectivity index (χ3n) is 3.75. The molecule has 3 rings (SSSR count). The summed E-state index contributed by atoms with van der Waals surface area (Å²) in [7, 11) is 3.40. The second-order valence-electron chi connectivity index (χ2n) is 5.26. The van der Waals surface area contributed by atoms with Crippen molar-refractivity contribution in [1.82, 2.24) is 5.32 Å². The second-order valence-corrected chi connectivity index (χ2v) is 5.26. The monoisotopic (exact) mass is 307 g/mol. The molecule has 116 valence electrons. The van der Waals surface area contributed by atoms with Gasteiger partial charge in [0, 0.05) is 5.56 Å². The van der Waals surface area contributed by atoms with Crippen molar-refractivity contribution in [2.45, 2.75) is 13.0 Å². The lowest BCUT2D eigenvalue weighted by Gasteiger charge is -2.06. The van der Waals surface area contributed by atoms with Gasteiger partial charge in [-0.15, -0.1) is 0 Å². The zero-order chi connectivity index (χ0) is 16.4. The van der Waals surface area contributed by atoms with Gasteiger partial charge in [-0.05, 0) is 44.3 Å². The van der Waals surface area contributed by atoms with Crippen LogP contribution in [-0.4, -0.2) is 20.2 Å². The maximum Gasteiger partial charge on any atom is 0.204 e. The molecule has 3 aromatic rings. The van der Waals surface area contributed by atoms with Crippen molar-refractivity contribution in [1.29, 1.82) is 0 Å². The lowest BCUT2D eigenvalue weighted by molar-refractivity contribution is 0.419. The van der Waals surface area contributed by atoms with Gasteiger partial charge < -0.3 is 14.5 Å². The van der Waals surface area contributed by atoms with Crippen LogP contribution in [0.5, 0.6) is 5.75 Å². The van der Waals surface area contributed by atoms with Gasteiger partial charge in [-0.3, -0.25) is 4.79 Å². The Morgan fingerprint density at radius 3 is 2.78 bits per heavy atom. The largest absolute Gasteiger partial charge is 0.496 e. The van der Waals surface area contributed by atoms with Crippen molar-refractivity contribution in [3.63, 3.8) is 0 Å². The Balaban J connectivity index is 2.25. The molecule has 0 amide bonds. The average Bonchev–Trinajstić information content (AvgIpc) is 2.59. The van der Waals surface area contributed by atoms with E-state index in [2.05, 4.69) is 17.2 Å². The zero-order valence-corrected chi connectivity index (χ0v) is 13.3. The first-order valence-corrected chi connectivity index (χ1v) is 7.36. The molecular weight excluding hydrogens is 290 g/mol. The number of hydrogen-bond acceptors (Lipinski definition) is 4. The fraction of sp³-hybridized carbons (Fsp3) is 0.211. The highest BCUT2D eigenvalue weighted by Crippen LogP contribution is 2.26. The molecule has 1 aromatic heterocycles. The molecule has 4 heteroatoms. The Kier molecular flexibility index (Phi) is 4.05. The van der Waals surface area contributed by atoms with Crippen LogP contribution in [0.4, 0.5) is 0 Å². The summed E-state index contributed by atoms with van der Waals surface area (Å²) < 4.78 is 11.1. The summed E-state index contributed by atoms with van der Waals surface area (Å²) in [5.41, 5.74) is 1.73. The van der Waals surface area contributed by atoms with Gasteiger partial charge in [-0.1, -0.05) is 17.9 Å². The normalized spacial score (nSPS) is 12.0. The minimum atomic E-state index is -0.107. The Bertz CT molecular complexity index is 992. The predicted octanol–water partition coefficient (Wildman–Crippen LogP) is 2.91. The topological polar surface area (TPSA) is 51.5 Å². The van der Waals surface area contributed by atoms with E-state index < -0.39 is 0 Å². The van der Waals surface area contributed by atoms with E-state index in [4.69, 9.17) is 9.15 Å². The van der Waals surface area contributed by atoms with Gasteiger partial charge in [0.25, 0.3) is 0 Å². The van der Waals surface area contributed by atoms with Crippen LogP contribution in [0.25, 0.3) is 21.9 Å². The standard InChI is InChI=1S/C19H17NO3/c1-12(20-2)7-8-13-9-10-15-14(11-13)19(21)18-16(22-3)5-4-6-17(18)23-15/h4-6,9-12,20H,1-3H3. The van der Waals surface area contributed by atoms with Crippen molar-refractivity contribution in [3.05, 3.63) is 52.2 Å². The molecule has 0 aliphatic rings. The van der Waals surface area contributed by atoms with E-state index in [0.29, 0.717) is 27.7 Å². The first kappa shape index (κ1) is 15.1. The molecule has 0 saturated carbocycles. The quantitative estimate of drug-likeness (QED) is 0.584. The van der Waals surface area contributed by atoms with Crippen LogP contribution in [0.1, 0.15) is 12.5 Å². The maximum absolute atomic E-state index is 12.8. The Morgan fingerprint density at radius 1 is 1.22 bits per heavy atom. The molecule has 1 atom stereocenters. The first-order chi connectivity index (χ1) is 11.1. The van der Waals surface area contributed by atoms with Crippen LogP contribution in [0.3, 0.4) is 0 Å². The Morgan fingerprint density at radius 2 is 2.04 bits per heavy atom. The van der Waals surface area contributed by atoms with Gasteiger partial charge in [-0.25, -0.2) is 0 Å². The van der Waals surface area contributed by atoms with Crippen molar-refractivity contribution in [2.75, 3.05) is 14.2 Å². The molecule has 1 heterocycles. The van der Waals surface area contributed by atoms with Crippen molar-refractivity contribution in [3.8, 4) is 17.6 Å². The summed E-state index contributed by atoms with van der Waals surface area (Å²) in [6, 6.07) is 10.8. The number of nitrogens with one attached hydrogen (secondary N) is 1. The predicted molar refractivity (Wildman–Crippen MR) is 91.9 cm³/mol. The molecular formula is C19H17NO3. The van der Waals surface area contributed by atoms with E-state index in [1.165, 1.54) is 0 Å². The van der Waals surface area contributed by atoms with Crippen LogP contribution in [0.2, 0.25) is 0 Å². The molecule has 0 fully saturated rings. The molecule has 0 aliphatic heterocycles. The Labute approximate surface area is 134 Å². The molecule has 0 aliphatic carbocycles. The van der Waals surface area contributed by atoms with Gasteiger partial charge in [0.1, 0.15) is 22.3 Å². The molecule has 1 N–H and O–H groups in total. The third kappa shape index (κ3) is 2.79. The molecule has 0 bridgehead atoms.